The first-order chi connectivity index (χ1) is 12.0. The molecule has 1 aliphatic rings. The second kappa shape index (κ2) is 8.13. The monoisotopic (exact) mass is 339 g/mol. The first-order valence-electron chi connectivity index (χ1n) is 9.30. The second-order valence-electron chi connectivity index (χ2n) is 7.56. The Hall–Kier alpha value is -1.68. The number of benzene rings is 2. The average molecular weight is 339 g/mol. The molecule has 2 unspecified atom stereocenters. The normalized spacial score (nSPS) is 21.5. The summed E-state index contributed by atoms with van der Waals surface area (Å²) in [6, 6.07) is 18.7. The molecule has 0 saturated carbocycles. The van der Waals surface area contributed by atoms with Crippen molar-refractivity contribution in [2.45, 2.75) is 44.3 Å². The molecule has 1 fully saturated rings. The lowest BCUT2D eigenvalue weighted by atomic mass is 9.90. The molecule has 1 aliphatic heterocycles. The molecule has 0 spiro atoms. The molecular formula is C22H29NO2. The number of aliphatic hydroxyl groups excluding tert-OH is 1. The maximum atomic E-state index is 11.0. The molecule has 3 heteroatoms. The zero-order valence-electron chi connectivity index (χ0n) is 15.1. The Morgan fingerprint density at radius 1 is 1.00 bits per heavy atom. The van der Waals surface area contributed by atoms with Crippen molar-refractivity contribution in [1.29, 1.82) is 0 Å². The molecule has 0 amide bonds. The van der Waals surface area contributed by atoms with E-state index in [2.05, 4.69) is 35.2 Å². The standard InChI is InChI=1S/C22H29NO2/c1-22(25,17-23-14-7-11-20(24)13-15-23)16-19-10-5-6-12-21(19)18-8-3-2-4-9-18/h2-6,8-10,12,20,24-25H,7,11,13-17H2,1H3. The van der Waals surface area contributed by atoms with Crippen molar-refractivity contribution in [3.8, 4) is 11.1 Å². The van der Waals surface area contributed by atoms with Crippen LogP contribution in [-0.4, -0.2) is 46.5 Å². The number of hydrogen-bond acceptors (Lipinski definition) is 3. The number of hydrogen-bond donors (Lipinski definition) is 2. The van der Waals surface area contributed by atoms with Crippen LogP contribution in [0.15, 0.2) is 54.6 Å². The van der Waals surface area contributed by atoms with Gasteiger partial charge in [0.2, 0.25) is 0 Å². The van der Waals surface area contributed by atoms with Crippen LogP contribution in [-0.2, 0) is 6.42 Å². The number of aliphatic hydroxyl groups is 2. The van der Waals surface area contributed by atoms with Crippen LogP contribution in [0.4, 0.5) is 0 Å². The molecular weight excluding hydrogens is 310 g/mol. The predicted molar refractivity (Wildman–Crippen MR) is 103 cm³/mol. The van der Waals surface area contributed by atoms with E-state index >= 15 is 0 Å². The lowest BCUT2D eigenvalue weighted by Crippen LogP contribution is -2.43. The van der Waals surface area contributed by atoms with Gasteiger partial charge in [-0.15, -0.1) is 0 Å². The summed E-state index contributed by atoms with van der Waals surface area (Å²) in [5.41, 5.74) is 2.76. The van der Waals surface area contributed by atoms with Crippen molar-refractivity contribution in [1.82, 2.24) is 4.90 Å². The molecule has 0 aliphatic carbocycles. The number of nitrogens with zero attached hydrogens (tertiary/aromatic N) is 1. The number of likely N-dealkylation sites (tertiary alicyclic amines) is 1. The van der Waals surface area contributed by atoms with Crippen LogP contribution in [0.3, 0.4) is 0 Å². The first kappa shape index (κ1) is 18.1. The van der Waals surface area contributed by atoms with Crippen molar-refractivity contribution in [2.24, 2.45) is 0 Å². The fourth-order valence-corrected chi connectivity index (χ4v) is 3.82. The number of β-amino-alcohol motifs (C(OH)–C–C–N with tert-alkyl or cyclic N) is 1. The summed E-state index contributed by atoms with van der Waals surface area (Å²) >= 11 is 0. The molecule has 2 aromatic rings. The molecule has 134 valence electrons. The lowest BCUT2D eigenvalue weighted by Gasteiger charge is -2.31. The van der Waals surface area contributed by atoms with Gasteiger partial charge in [0.1, 0.15) is 0 Å². The van der Waals surface area contributed by atoms with Gasteiger partial charge in [-0.2, -0.15) is 0 Å². The van der Waals surface area contributed by atoms with Crippen LogP contribution in [0.5, 0.6) is 0 Å². The van der Waals surface area contributed by atoms with Gasteiger partial charge in [-0.3, -0.25) is 0 Å². The largest absolute Gasteiger partial charge is 0.393 e. The van der Waals surface area contributed by atoms with E-state index in [0.717, 1.165) is 32.4 Å². The molecule has 2 atom stereocenters. The van der Waals surface area contributed by atoms with Gasteiger partial charge in [-0.25, -0.2) is 0 Å². The van der Waals surface area contributed by atoms with Gasteiger partial charge < -0.3 is 15.1 Å². The Labute approximate surface area is 150 Å². The van der Waals surface area contributed by atoms with Gasteiger partial charge in [-0.1, -0.05) is 54.6 Å². The Morgan fingerprint density at radius 2 is 1.72 bits per heavy atom. The van der Waals surface area contributed by atoms with E-state index in [4.69, 9.17) is 0 Å². The van der Waals surface area contributed by atoms with Crippen molar-refractivity contribution in [2.75, 3.05) is 19.6 Å². The quantitative estimate of drug-likeness (QED) is 0.876. The second-order valence-corrected chi connectivity index (χ2v) is 7.56. The maximum Gasteiger partial charge on any atom is 0.0786 e. The molecule has 3 nitrogen and oxygen atoms in total. The van der Waals surface area contributed by atoms with E-state index in [-0.39, 0.29) is 6.10 Å². The topological polar surface area (TPSA) is 43.7 Å². The molecule has 0 bridgehead atoms. The van der Waals surface area contributed by atoms with Gasteiger partial charge in [0.05, 0.1) is 11.7 Å². The van der Waals surface area contributed by atoms with Crippen molar-refractivity contribution >= 4 is 0 Å². The fraction of sp³-hybridized carbons (Fsp3) is 0.455. The van der Waals surface area contributed by atoms with E-state index in [9.17, 15) is 10.2 Å². The Morgan fingerprint density at radius 3 is 2.52 bits per heavy atom. The fourth-order valence-electron chi connectivity index (χ4n) is 3.82. The summed E-state index contributed by atoms with van der Waals surface area (Å²) in [7, 11) is 0. The third kappa shape index (κ3) is 5.15. The molecule has 25 heavy (non-hydrogen) atoms. The Balaban J connectivity index is 1.73. The summed E-state index contributed by atoms with van der Waals surface area (Å²) < 4.78 is 0. The van der Waals surface area contributed by atoms with Crippen LogP contribution in [0.25, 0.3) is 11.1 Å². The zero-order chi connectivity index (χ0) is 17.7. The highest BCUT2D eigenvalue weighted by atomic mass is 16.3. The third-order valence-electron chi connectivity index (χ3n) is 5.03. The molecule has 0 radical (unpaired) electrons. The van der Waals surface area contributed by atoms with Crippen molar-refractivity contribution in [3.05, 3.63) is 60.2 Å². The van der Waals surface area contributed by atoms with Crippen molar-refractivity contribution < 1.29 is 10.2 Å². The van der Waals surface area contributed by atoms with Gasteiger partial charge in [0.25, 0.3) is 0 Å². The molecule has 2 N–H and O–H groups in total. The maximum absolute atomic E-state index is 11.0. The van der Waals surface area contributed by atoms with E-state index in [1.54, 1.807) is 0 Å². The van der Waals surface area contributed by atoms with Gasteiger partial charge in [0.15, 0.2) is 0 Å². The first-order valence-corrected chi connectivity index (χ1v) is 9.30. The van der Waals surface area contributed by atoms with Gasteiger partial charge in [0, 0.05) is 19.5 Å². The Kier molecular flexibility index (Phi) is 5.89. The highest BCUT2D eigenvalue weighted by molar-refractivity contribution is 5.67. The molecule has 2 aromatic carbocycles. The van der Waals surface area contributed by atoms with Crippen LogP contribution in [0.1, 0.15) is 31.7 Å². The van der Waals surface area contributed by atoms with Crippen LogP contribution in [0, 0.1) is 0 Å². The zero-order valence-corrected chi connectivity index (χ0v) is 15.1. The minimum atomic E-state index is -0.791. The van der Waals surface area contributed by atoms with Gasteiger partial charge >= 0.3 is 0 Å². The molecule has 1 heterocycles. The summed E-state index contributed by atoms with van der Waals surface area (Å²) in [5, 5.41) is 20.9. The van der Waals surface area contributed by atoms with Crippen LogP contribution >= 0.6 is 0 Å². The average Bonchev–Trinajstić information content (AvgIpc) is 2.80. The minimum Gasteiger partial charge on any atom is -0.393 e. The predicted octanol–water partition coefficient (Wildman–Crippen LogP) is 3.49. The smallest absolute Gasteiger partial charge is 0.0786 e. The van der Waals surface area contributed by atoms with Crippen LogP contribution < -0.4 is 0 Å². The highest BCUT2D eigenvalue weighted by Crippen LogP contribution is 2.27. The van der Waals surface area contributed by atoms with E-state index < -0.39 is 5.60 Å². The third-order valence-corrected chi connectivity index (χ3v) is 5.03. The molecule has 1 saturated heterocycles. The molecule has 3 rings (SSSR count). The number of rotatable bonds is 5. The molecule has 0 aromatic heterocycles. The highest BCUT2D eigenvalue weighted by Gasteiger charge is 2.27. The summed E-state index contributed by atoms with van der Waals surface area (Å²) in [6.07, 6.45) is 3.11. The summed E-state index contributed by atoms with van der Waals surface area (Å²) in [6.45, 7) is 4.38. The van der Waals surface area contributed by atoms with Crippen molar-refractivity contribution in [3.63, 3.8) is 0 Å². The SMILES string of the molecule is CC(O)(Cc1ccccc1-c1ccccc1)CN1CCCC(O)CC1. The van der Waals surface area contributed by atoms with Crippen LogP contribution in [0.2, 0.25) is 0 Å². The van der Waals surface area contributed by atoms with E-state index in [1.807, 2.05) is 31.2 Å². The minimum absolute atomic E-state index is 0.186. The Bertz CT molecular complexity index is 669. The lowest BCUT2D eigenvalue weighted by molar-refractivity contribution is 0.0199. The van der Waals surface area contributed by atoms with E-state index in [1.165, 1.54) is 16.7 Å². The van der Waals surface area contributed by atoms with Gasteiger partial charge in [-0.05, 0) is 49.4 Å². The van der Waals surface area contributed by atoms with E-state index in [0.29, 0.717) is 13.0 Å². The summed E-state index contributed by atoms with van der Waals surface area (Å²) in [4.78, 5) is 2.29. The summed E-state index contributed by atoms with van der Waals surface area (Å²) in [5.74, 6) is 0.